The van der Waals surface area contributed by atoms with E-state index in [9.17, 15) is 9.18 Å². The van der Waals surface area contributed by atoms with E-state index in [-0.39, 0.29) is 23.3 Å². The molecule has 7 nitrogen and oxygen atoms in total. The number of benzene rings is 1. The average molecular weight is 444 g/mol. The number of carbonyl (C=O) groups is 1. The van der Waals surface area contributed by atoms with E-state index in [4.69, 9.17) is 37.6 Å². The predicted molar refractivity (Wildman–Crippen MR) is 105 cm³/mol. The fraction of sp³-hybridized carbons (Fsp3) is 0.368. The summed E-state index contributed by atoms with van der Waals surface area (Å²) in [6.45, 7) is 5.11. The molecule has 0 bridgehead atoms. The molecule has 2 aromatic rings. The monoisotopic (exact) mass is 443 g/mol. The summed E-state index contributed by atoms with van der Waals surface area (Å²) in [7, 11) is 0. The zero-order chi connectivity index (χ0) is 21.0. The molecule has 0 spiro atoms. The van der Waals surface area contributed by atoms with Crippen molar-refractivity contribution >= 4 is 29.1 Å². The van der Waals surface area contributed by atoms with Gasteiger partial charge in [0.2, 0.25) is 5.88 Å². The molecule has 2 heterocycles. The zero-order valence-electron chi connectivity index (χ0n) is 15.9. The lowest BCUT2D eigenvalue weighted by Gasteiger charge is -2.28. The third kappa shape index (κ3) is 5.70. The third-order valence-corrected chi connectivity index (χ3v) is 4.61. The van der Waals surface area contributed by atoms with Crippen LogP contribution in [0, 0.1) is 5.82 Å². The Hall–Kier alpha value is -2.13. The van der Waals surface area contributed by atoms with Gasteiger partial charge in [-0.05, 0) is 32.4 Å². The van der Waals surface area contributed by atoms with Crippen LogP contribution in [0.2, 0.25) is 10.0 Å². The van der Waals surface area contributed by atoms with Gasteiger partial charge in [-0.15, -0.1) is 0 Å². The maximum Gasteiger partial charge on any atom is 0.279 e. The minimum atomic E-state index is -0.741. The lowest BCUT2D eigenvalue weighted by atomic mass is 10.1. The molecule has 156 valence electrons. The van der Waals surface area contributed by atoms with Gasteiger partial charge in [-0.2, -0.15) is 10.0 Å². The predicted octanol–water partition coefficient (Wildman–Crippen LogP) is 4.18. The van der Waals surface area contributed by atoms with Gasteiger partial charge in [0.25, 0.3) is 5.91 Å². The number of ether oxygens (including phenoxy) is 2. The minimum absolute atomic E-state index is 0.0374. The second kappa shape index (κ2) is 9.58. The van der Waals surface area contributed by atoms with E-state index in [0.717, 1.165) is 12.5 Å². The summed E-state index contributed by atoms with van der Waals surface area (Å²) in [5.74, 6) is -0.795. The van der Waals surface area contributed by atoms with Crippen LogP contribution in [-0.4, -0.2) is 35.1 Å². The van der Waals surface area contributed by atoms with Crippen molar-refractivity contribution in [3.63, 3.8) is 0 Å². The van der Waals surface area contributed by atoms with Gasteiger partial charge in [-0.3, -0.25) is 4.79 Å². The number of hydroxylamine groups is 3. The number of aromatic nitrogens is 1. The van der Waals surface area contributed by atoms with Crippen molar-refractivity contribution in [2.24, 2.45) is 0 Å². The van der Waals surface area contributed by atoms with Crippen LogP contribution in [0.1, 0.15) is 36.2 Å². The van der Waals surface area contributed by atoms with Gasteiger partial charge in [0.1, 0.15) is 23.2 Å². The molecule has 1 fully saturated rings. The van der Waals surface area contributed by atoms with Crippen LogP contribution in [-0.2, 0) is 11.5 Å². The van der Waals surface area contributed by atoms with Crippen LogP contribution in [0.15, 0.2) is 24.4 Å². The second-order valence-corrected chi connectivity index (χ2v) is 7.46. The Kier molecular flexibility index (Phi) is 7.13. The number of nitrogens with zero attached hydrogens (tertiary/aromatic N) is 2. The van der Waals surface area contributed by atoms with E-state index in [0.29, 0.717) is 35.3 Å². The van der Waals surface area contributed by atoms with Gasteiger partial charge in [-0.1, -0.05) is 23.2 Å². The number of pyridine rings is 1. The number of rotatable bonds is 8. The molecular formula is C19H20Cl2FN3O4. The van der Waals surface area contributed by atoms with Gasteiger partial charge < -0.3 is 9.47 Å². The second-order valence-electron chi connectivity index (χ2n) is 6.64. The smallest absolute Gasteiger partial charge is 0.279 e. The first-order chi connectivity index (χ1) is 13.8. The summed E-state index contributed by atoms with van der Waals surface area (Å²) in [5.41, 5.74) is 2.33. The molecule has 10 heteroatoms. The Bertz CT molecular complexity index is 894. The van der Waals surface area contributed by atoms with Crippen LogP contribution in [0.4, 0.5) is 4.39 Å². The largest absolute Gasteiger partial charge is 0.487 e. The maximum atomic E-state index is 14.4. The first kappa shape index (κ1) is 21.6. The average Bonchev–Trinajstić information content (AvgIpc) is 2.62. The molecule has 0 radical (unpaired) electrons. The Balaban J connectivity index is 1.63. The summed E-state index contributed by atoms with van der Waals surface area (Å²) in [5, 5.41) is 2.03. The van der Waals surface area contributed by atoms with Crippen LogP contribution >= 0.6 is 23.2 Å². The molecule has 0 aliphatic carbocycles. The normalized spacial score (nSPS) is 13.9. The molecule has 1 aromatic heterocycles. The van der Waals surface area contributed by atoms with Crippen LogP contribution < -0.4 is 15.0 Å². The van der Waals surface area contributed by atoms with Crippen molar-refractivity contribution in [2.45, 2.75) is 33.0 Å². The first-order valence-corrected chi connectivity index (χ1v) is 9.74. The quantitative estimate of drug-likeness (QED) is 0.617. The van der Waals surface area contributed by atoms with Crippen molar-refractivity contribution in [3.8, 4) is 11.6 Å². The summed E-state index contributed by atoms with van der Waals surface area (Å²) in [4.78, 5) is 21.2. The van der Waals surface area contributed by atoms with Gasteiger partial charge >= 0.3 is 0 Å². The van der Waals surface area contributed by atoms with Crippen molar-refractivity contribution in [3.05, 3.63) is 51.4 Å². The zero-order valence-corrected chi connectivity index (χ0v) is 17.4. The summed E-state index contributed by atoms with van der Waals surface area (Å²) < 4.78 is 25.4. The Morgan fingerprint density at radius 2 is 2.03 bits per heavy atom. The molecule has 3 rings (SSSR count). The molecule has 1 N–H and O–H groups in total. The fourth-order valence-corrected chi connectivity index (χ4v) is 2.79. The molecule has 1 amide bonds. The lowest BCUT2D eigenvalue weighted by molar-refractivity contribution is -0.229. The molecule has 0 saturated carbocycles. The van der Waals surface area contributed by atoms with Crippen molar-refractivity contribution in [1.29, 1.82) is 0 Å². The molecule has 1 saturated heterocycles. The van der Waals surface area contributed by atoms with Gasteiger partial charge in [0, 0.05) is 29.7 Å². The number of nitrogens with one attached hydrogen (secondary N) is 1. The van der Waals surface area contributed by atoms with Gasteiger partial charge in [-0.25, -0.2) is 14.9 Å². The van der Waals surface area contributed by atoms with Crippen molar-refractivity contribution in [1.82, 2.24) is 15.5 Å². The standard InChI is InChI=1S/C19H20Cl2FN3O4/c1-11(2)28-19-16(21)7-13(9-23-19)27-10-12-6-17(22)14(8-15(12)20)18(26)24-29-25-4-3-5-25/h6-9,11H,3-5,10H2,1-2H3,(H,24,26). The van der Waals surface area contributed by atoms with E-state index in [1.54, 1.807) is 11.1 Å². The Labute approximate surface area is 177 Å². The van der Waals surface area contributed by atoms with Gasteiger partial charge in [0.05, 0.1) is 17.9 Å². The molecule has 1 aliphatic rings. The molecule has 1 aliphatic heterocycles. The van der Waals surface area contributed by atoms with E-state index in [1.165, 1.54) is 12.3 Å². The maximum absolute atomic E-state index is 14.4. The number of carbonyl (C=O) groups excluding carboxylic acids is 1. The Morgan fingerprint density at radius 3 is 2.66 bits per heavy atom. The molecule has 1 aromatic carbocycles. The lowest BCUT2D eigenvalue weighted by Crippen LogP contribution is -2.43. The number of amides is 1. The summed E-state index contributed by atoms with van der Waals surface area (Å²) in [6, 6.07) is 3.92. The molecule has 29 heavy (non-hydrogen) atoms. The topological polar surface area (TPSA) is 72.9 Å². The highest BCUT2D eigenvalue weighted by Crippen LogP contribution is 2.28. The molecule has 0 unspecified atom stereocenters. The van der Waals surface area contributed by atoms with E-state index >= 15 is 0 Å². The van der Waals surface area contributed by atoms with E-state index < -0.39 is 11.7 Å². The SMILES string of the molecule is CC(C)Oc1ncc(OCc2cc(F)c(C(=O)NON3CCC3)cc2Cl)cc1Cl. The first-order valence-electron chi connectivity index (χ1n) is 8.98. The van der Waals surface area contributed by atoms with Crippen molar-refractivity contribution < 1.29 is 23.6 Å². The number of halogens is 3. The summed E-state index contributed by atoms with van der Waals surface area (Å²) in [6.07, 6.45) is 2.36. The molecular weight excluding hydrogens is 424 g/mol. The highest BCUT2D eigenvalue weighted by molar-refractivity contribution is 6.32. The van der Waals surface area contributed by atoms with Crippen LogP contribution in [0.25, 0.3) is 0 Å². The minimum Gasteiger partial charge on any atom is -0.487 e. The van der Waals surface area contributed by atoms with Crippen molar-refractivity contribution in [2.75, 3.05) is 13.1 Å². The Morgan fingerprint density at radius 1 is 1.28 bits per heavy atom. The number of hydrogen-bond acceptors (Lipinski definition) is 6. The summed E-state index contributed by atoms with van der Waals surface area (Å²) >= 11 is 12.3. The molecule has 0 atom stereocenters. The van der Waals surface area contributed by atoms with E-state index in [1.807, 2.05) is 13.8 Å². The van der Waals surface area contributed by atoms with Crippen LogP contribution in [0.5, 0.6) is 11.6 Å². The highest BCUT2D eigenvalue weighted by Gasteiger charge is 2.20. The van der Waals surface area contributed by atoms with Crippen LogP contribution in [0.3, 0.4) is 0 Å². The van der Waals surface area contributed by atoms with E-state index in [2.05, 4.69) is 10.5 Å². The fourth-order valence-electron chi connectivity index (χ4n) is 2.37. The highest BCUT2D eigenvalue weighted by atomic mass is 35.5. The third-order valence-electron chi connectivity index (χ3n) is 3.99. The number of hydrogen-bond donors (Lipinski definition) is 1. The van der Waals surface area contributed by atoms with Gasteiger partial charge in [0.15, 0.2) is 0 Å².